The number of hydrogen-bond acceptors (Lipinski definition) is 4. The molecule has 0 bridgehead atoms. The zero-order valence-electron chi connectivity index (χ0n) is 17.0. The molecule has 0 aromatic heterocycles. The lowest BCUT2D eigenvalue weighted by molar-refractivity contribution is 0.0657. The Labute approximate surface area is 205 Å². The Kier molecular flexibility index (Phi) is 7.95. The van der Waals surface area contributed by atoms with Crippen molar-refractivity contribution < 1.29 is 9.47 Å². The molecule has 0 amide bonds. The Morgan fingerprint density at radius 2 is 1.35 bits per heavy atom. The van der Waals surface area contributed by atoms with Crippen LogP contribution in [0.25, 0.3) is 0 Å². The van der Waals surface area contributed by atoms with Crippen molar-refractivity contribution in [3.8, 4) is 0 Å². The molecule has 2 aliphatic heterocycles. The van der Waals surface area contributed by atoms with Crippen LogP contribution in [0, 0.1) is 0 Å². The normalized spacial score (nSPS) is 17.5. The summed E-state index contributed by atoms with van der Waals surface area (Å²) in [6.07, 6.45) is 0. The van der Waals surface area contributed by atoms with Gasteiger partial charge in [0.2, 0.25) is 5.96 Å². The van der Waals surface area contributed by atoms with Crippen molar-refractivity contribution in [1.82, 2.24) is 9.80 Å². The second-order valence-corrected chi connectivity index (χ2v) is 9.21. The highest BCUT2D eigenvalue weighted by molar-refractivity contribution is 9.11. The molecule has 0 saturated carbocycles. The Bertz CT molecular complexity index is 947. The zero-order valence-corrected chi connectivity index (χ0v) is 21.0. The molecule has 2 aromatic carbocycles. The summed E-state index contributed by atoms with van der Waals surface area (Å²) in [4.78, 5) is 11.6. The number of para-hydroxylation sites is 2. The molecule has 2 aromatic rings. The Morgan fingerprint density at radius 3 is 1.97 bits per heavy atom. The largest absolute Gasteiger partial charge is 0.378 e. The average Bonchev–Trinajstić information content (AvgIpc) is 2.82. The predicted molar refractivity (Wildman–Crippen MR) is 135 cm³/mol. The molecule has 0 spiro atoms. The van der Waals surface area contributed by atoms with E-state index in [1.54, 1.807) is 0 Å². The third-order valence-electron chi connectivity index (χ3n) is 5.13. The molecule has 0 unspecified atom stereocenters. The zero-order chi connectivity index (χ0) is 21.6. The first-order valence-corrected chi connectivity index (χ1v) is 12.2. The highest BCUT2D eigenvalue weighted by Gasteiger charge is 2.30. The summed E-state index contributed by atoms with van der Waals surface area (Å²) in [5, 5.41) is 0.715. The maximum atomic E-state index is 6.06. The van der Waals surface area contributed by atoms with Crippen molar-refractivity contribution in [2.24, 2.45) is 4.99 Å². The number of rotatable bonds is 2. The number of anilines is 1. The van der Waals surface area contributed by atoms with Crippen molar-refractivity contribution >= 4 is 66.5 Å². The lowest BCUT2D eigenvalue weighted by Crippen LogP contribution is -2.56. The van der Waals surface area contributed by atoms with Crippen LogP contribution >= 0.6 is 44.1 Å². The summed E-state index contributed by atoms with van der Waals surface area (Å²) in [6.45, 7) is 5.64. The number of morpholine rings is 2. The number of thiocarbonyl (C=S) groups is 1. The molecule has 0 atom stereocenters. The van der Waals surface area contributed by atoms with Crippen LogP contribution in [0.4, 0.5) is 11.4 Å². The number of guanidine groups is 1. The minimum Gasteiger partial charge on any atom is -0.378 e. The molecule has 164 valence electrons. The monoisotopic (exact) mass is 566 g/mol. The third kappa shape index (κ3) is 5.46. The van der Waals surface area contributed by atoms with Gasteiger partial charge in [-0.1, -0.05) is 24.3 Å². The Morgan fingerprint density at radius 1 is 0.806 bits per heavy atom. The summed E-state index contributed by atoms with van der Waals surface area (Å²) >= 11 is 13.4. The van der Waals surface area contributed by atoms with Crippen LogP contribution in [-0.2, 0) is 9.47 Å². The smallest absolute Gasteiger partial charge is 0.213 e. The topological polar surface area (TPSA) is 40.5 Å². The summed E-state index contributed by atoms with van der Waals surface area (Å²) in [6, 6.07) is 16.1. The summed E-state index contributed by atoms with van der Waals surface area (Å²) in [5.41, 5.74) is 1.81. The minimum atomic E-state index is 0.656. The molecule has 2 saturated heterocycles. The lowest BCUT2D eigenvalue weighted by Gasteiger charge is -2.40. The molecular formula is C22H24Br2N4O2S. The van der Waals surface area contributed by atoms with E-state index in [9.17, 15) is 0 Å². The molecule has 6 nitrogen and oxygen atoms in total. The molecule has 2 fully saturated rings. The molecule has 0 N–H and O–H groups in total. The lowest BCUT2D eigenvalue weighted by atomic mass is 10.3. The number of aliphatic imine (C=N–C) groups is 1. The molecule has 0 aliphatic carbocycles. The van der Waals surface area contributed by atoms with E-state index in [2.05, 4.69) is 52.6 Å². The second-order valence-electron chi connectivity index (χ2n) is 7.13. The fourth-order valence-corrected chi connectivity index (χ4v) is 4.70. The van der Waals surface area contributed by atoms with Crippen LogP contribution in [-0.4, -0.2) is 73.5 Å². The molecule has 9 heteroatoms. The first-order chi connectivity index (χ1) is 15.1. The summed E-state index contributed by atoms with van der Waals surface area (Å²) in [7, 11) is 0. The van der Waals surface area contributed by atoms with Crippen LogP contribution in [0.2, 0.25) is 0 Å². The van der Waals surface area contributed by atoms with Crippen LogP contribution < -0.4 is 4.90 Å². The van der Waals surface area contributed by atoms with E-state index in [1.165, 1.54) is 0 Å². The van der Waals surface area contributed by atoms with Gasteiger partial charge in [-0.15, -0.1) is 0 Å². The van der Waals surface area contributed by atoms with Gasteiger partial charge in [-0.2, -0.15) is 0 Å². The van der Waals surface area contributed by atoms with Gasteiger partial charge in [-0.05, 0) is 68.3 Å². The second kappa shape index (κ2) is 10.9. The number of ether oxygens (including phenoxy) is 2. The molecule has 2 heterocycles. The van der Waals surface area contributed by atoms with Gasteiger partial charge in [0.15, 0.2) is 5.11 Å². The van der Waals surface area contributed by atoms with E-state index >= 15 is 0 Å². The maximum Gasteiger partial charge on any atom is 0.213 e. The van der Waals surface area contributed by atoms with Gasteiger partial charge < -0.3 is 19.3 Å². The number of hydrogen-bond donors (Lipinski definition) is 0. The van der Waals surface area contributed by atoms with E-state index in [1.807, 2.05) is 42.5 Å². The van der Waals surface area contributed by atoms with Crippen LogP contribution in [0.15, 0.2) is 62.5 Å². The van der Waals surface area contributed by atoms with Gasteiger partial charge in [0, 0.05) is 35.1 Å². The summed E-state index contributed by atoms with van der Waals surface area (Å²) < 4.78 is 13.1. The van der Waals surface area contributed by atoms with Crippen LogP contribution in [0.1, 0.15) is 0 Å². The predicted octanol–water partition coefficient (Wildman–Crippen LogP) is 4.66. The van der Waals surface area contributed by atoms with Crippen molar-refractivity contribution in [3.05, 3.63) is 57.5 Å². The molecule has 31 heavy (non-hydrogen) atoms. The number of benzene rings is 2. The quantitative estimate of drug-likeness (QED) is 0.299. The fourth-order valence-electron chi connectivity index (χ4n) is 3.50. The molecule has 0 radical (unpaired) electrons. The van der Waals surface area contributed by atoms with Crippen LogP contribution in [0.5, 0.6) is 0 Å². The van der Waals surface area contributed by atoms with Gasteiger partial charge in [-0.3, -0.25) is 4.90 Å². The average molecular weight is 568 g/mol. The van der Waals surface area contributed by atoms with E-state index in [0.29, 0.717) is 31.5 Å². The number of nitrogens with zero attached hydrogens (tertiary/aromatic N) is 4. The standard InChI is InChI=1S/C22H24Br2N4O2S/c23-17-5-1-3-7-19(17)25-21(26-9-13-29-14-10-26)28(20-8-4-2-6-18(20)24)22(31)27-11-15-30-16-12-27/h1-8H,9-16H2. The van der Waals surface area contributed by atoms with Gasteiger partial charge in [-0.25, -0.2) is 4.99 Å². The fraction of sp³-hybridized carbons (Fsp3) is 0.364. The third-order valence-corrected chi connectivity index (χ3v) is 6.91. The van der Waals surface area contributed by atoms with Crippen LogP contribution in [0.3, 0.4) is 0 Å². The Balaban J connectivity index is 1.83. The van der Waals surface area contributed by atoms with Gasteiger partial charge in [0.25, 0.3) is 0 Å². The van der Waals surface area contributed by atoms with Crippen molar-refractivity contribution in [2.75, 3.05) is 57.5 Å². The van der Waals surface area contributed by atoms with E-state index < -0.39 is 0 Å². The molecule has 2 aliphatic rings. The maximum absolute atomic E-state index is 6.06. The van der Waals surface area contributed by atoms with Crippen molar-refractivity contribution in [3.63, 3.8) is 0 Å². The highest BCUT2D eigenvalue weighted by atomic mass is 79.9. The molecular weight excluding hydrogens is 544 g/mol. The first kappa shape index (κ1) is 22.7. The van der Waals surface area contributed by atoms with Crippen molar-refractivity contribution in [2.45, 2.75) is 0 Å². The number of halogens is 2. The highest BCUT2D eigenvalue weighted by Crippen LogP contribution is 2.31. The van der Waals surface area contributed by atoms with E-state index in [0.717, 1.165) is 52.5 Å². The van der Waals surface area contributed by atoms with Gasteiger partial charge >= 0.3 is 0 Å². The van der Waals surface area contributed by atoms with E-state index in [-0.39, 0.29) is 0 Å². The SMILES string of the molecule is S=C(N1CCOCC1)N(C(=Nc1ccccc1Br)N1CCOCC1)c1ccccc1Br. The van der Waals surface area contributed by atoms with E-state index in [4.69, 9.17) is 26.7 Å². The first-order valence-electron chi connectivity index (χ1n) is 10.2. The molecule has 4 rings (SSSR count). The Hall–Kier alpha value is -1.52. The van der Waals surface area contributed by atoms with Gasteiger partial charge in [0.1, 0.15) is 0 Å². The van der Waals surface area contributed by atoms with Gasteiger partial charge in [0.05, 0.1) is 37.8 Å². The summed E-state index contributed by atoms with van der Waals surface area (Å²) in [5.74, 6) is 0.790. The van der Waals surface area contributed by atoms with Crippen molar-refractivity contribution in [1.29, 1.82) is 0 Å². The minimum absolute atomic E-state index is 0.656.